The quantitative estimate of drug-likeness (QED) is 0.740. The Balaban J connectivity index is 1.27. The molecular weight excluding hydrogens is 356 g/mol. The second-order valence-electron chi connectivity index (χ2n) is 7.68. The lowest BCUT2D eigenvalue weighted by atomic mass is 9.93. The van der Waals surface area contributed by atoms with Crippen LogP contribution in [-0.4, -0.2) is 74.2 Å². The maximum atomic E-state index is 12.1. The van der Waals surface area contributed by atoms with Gasteiger partial charge in [-0.25, -0.2) is 4.79 Å². The molecule has 0 aromatic heterocycles. The molecule has 28 heavy (non-hydrogen) atoms. The lowest BCUT2D eigenvalue weighted by Crippen LogP contribution is -2.46. The van der Waals surface area contributed by atoms with E-state index < -0.39 is 6.03 Å². The Bertz CT molecular complexity index is 611. The van der Waals surface area contributed by atoms with Crippen LogP contribution in [0.2, 0.25) is 0 Å². The number of piperidine rings is 1. The number of amides is 3. The second-order valence-corrected chi connectivity index (χ2v) is 7.68. The molecule has 0 saturated carbocycles. The minimum atomic E-state index is -0.436. The van der Waals surface area contributed by atoms with Crippen molar-refractivity contribution in [2.75, 3.05) is 52.5 Å². The third kappa shape index (κ3) is 7.22. The highest BCUT2D eigenvalue weighted by molar-refractivity contribution is 5.95. The number of urea groups is 1. The molecule has 3 amide bonds. The lowest BCUT2D eigenvalue weighted by molar-refractivity contribution is -0.121. The molecule has 1 aromatic rings. The van der Waals surface area contributed by atoms with E-state index >= 15 is 0 Å². The van der Waals surface area contributed by atoms with Crippen molar-refractivity contribution in [1.29, 1.82) is 0 Å². The normalized spacial score (nSPS) is 19.3. The summed E-state index contributed by atoms with van der Waals surface area (Å²) in [5, 5.41) is 5.15. The number of hydrogen-bond donors (Lipinski definition) is 2. The molecule has 2 N–H and O–H groups in total. The summed E-state index contributed by atoms with van der Waals surface area (Å²) >= 11 is 0. The van der Waals surface area contributed by atoms with Gasteiger partial charge >= 0.3 is 6.03 Å². The number of carbonyl (C=O) groups is 2. The zero-order valence-corrected chi connectivity index (χ0v) is 16.6. The van der Waals surface area contributed by atoms with Crippen molar-refractivity contribution >= 4 is 11.9 Å². The van der Waals surface area contributed by atoms with Crippen LogP contribution in [0.3, 0.4) is 0 Å². The number of likely N-dealkylation sites (tertiary alicyclic amines) is 1. The van der Waals surface area contributed by atoms with E-state index in [1.807, 2.05) is 30.3 Å². The first-order chi connectivity index (χ1) is 13.7. The van der Waals surface area contributed by atoms with Crippen molar-refractivity contribution in [3.8, 4) is 0 Å². The molecule has 7 nitrogen and oxygen atoms in total. The highest BCUT2D eigenvalue weighted by Crippen LogP contribution is 2.20. The first-order valence-corrected chi connectivity index (χ1v) is 10.3. The van der Waals surface area contributed by atoms with Crippen LogP contribution in [0.5, 0.6) is 0 Å². The predicted molar refractivity (Wildman–Crippen MR) is 108 cm³/mol. The molecule has 2 aliphatic heterocycles. The van der Waals surface area contributed by atoms with E-state index in [9.17, 15) is 9.59 Å². The number of morpholine rings is 1. The summed E-state index contributed by atoms with van der Waals surface area (Å²) < 4.78 is 5.39. The molecular formula is C21H32N4O3. The molecule has 0 radical (unpaired) electrons. The average Bonchev–Trinajstić information content (AvgIpc) is 2.73. The van der Waals surface area contributed by atoms with Crippen LogP contribution in [0.1, 0.15) is 24.8 Å². The van der Waals surface area contributed by atoms with Crippen molar-refractivity contribution in [3.63, 3.8) is 0 Å². The van der Waals surface area contributed by atoms with Gasteiger partial charge in [-0.2, -0.15) is 0 Å². The third-order valence-electron chi connectivity index (χ3n) is 5.58. The fraction of sp³-hybridized carbons (Fsp3) is 0.619. The second kappa shape index (κ2) is 11.1. The van der Waals surface area contributed by atoms with Crippen molar-refractivity contribution in [2.45, 2.75) is 25.8 Å². The number of nitrogens with one attached hydrogen (secondary N) is 2. The molecule has 0 bridgehead atoms. The molecule has 2 fully saturated rings. The molecule has 2 saturated heterocycles. The van der Waals surface area contributed by atoms with Crippen molar-refractivity contribution in [2.24, 2.45) is 5.92 Å². The largest absolute Gasteiger partial charge is 0.379 e. The number of hydrogen-bond acceptors (Lipinski definition) is 5. The maximum Gasteiger partial charge on any atom is 0.321 e. The summed E-state index contributed by atoms with van der Waals surface area (Å²) in [6.45, 7) is 7.49. The zero-order valence-electron chi connectivity index (χ0n) is 16.6. The van der Waals surface area contributed by atoms with Crippen LogP contribution in [0.15, 0.2) is 30.3 Å². The molecule has 2 heterocycles. The van der Waals surface area contributed by atoms with Crippen LogP contribution in [-0.2, 0) is 16.1 Å². The van der Waals surface area contributed by atoms with E-state index in [2.05, 4.69) is 20.4 Å². The summed E-state index contributed by atoms with van der Waals surface area (Å²) in [6.07, 6.45) is 3.47. The lowest BCUT2D eigenvalue weighted by Gasteiger charge is -2.33. The summed E-state index contributed by atoms with van der Waals surface area (Å²) in [4.78, 5) is 28.6. The van der Waals surface area contributed by atoms with Crippen molar-refractivity contribution in [1.82, 2.24) is 20.4 Å². The highest BCUT2D eigenvalue weighted by Gasteiger charge is 2.22. The molecule has 0 aliphatic carbocycles. The van der Waals surface area contributed by atoms with Gasteiger partial charge in [-0.1, -0.05) is 30.3 Å². The Morgan fingerprint density at radius 2 is 1.71 bits per heavy atom. The Morgan fingerprint density at radius 1 is 1.00 bits per heavy atom. The molecule has 2 aliphatic rings. The summed E-state index contributed by atoms with van der Waals surface area (Å²) in [5.74, 6) is 0.494. The van der Waals surface area contributed by atoms with Gasteiger partial charge in [0.15, 0.2) is 0 Å². The molecule has 0 atom stereocenters. The van der Waals surface area contributed by atoms with Crippen LogP contribution >= 0.6 is 0 Å². The van der Waals surface area contributed by atoms with E-state index in [1.54, 1.807) is 0 Å². The Hall–Kier alpha value is -1.96. The van der Waals surface area contributed by atoms with Gasteiger partial charge in [-0.05, 0) is 50.4 Å². The topological polar surface area (TPSA) is 73.9 Å². The van der Waals surface area contributed by atoms with E-state index in [0.29, 0.717) is 6.54 Å². The fourth-order valence-corrected chi connectivity index (χ4v) is 3.81. The van der Waals surface area contributed by atoms with Crippen LogP contribution in [0, 0.1) is 5.92 Å². The predicted octanol–water partition coefficient (Wildman–Crippen LogP) is 1.45. The SMILES string of the molecule is O=C(CN1CCC(CCN2CCOCC2)CC1)NC(=O)NCc1ccccc1. The molecule has 7 heteroatoms. The van der Waals surface area contributed by atoms with Gasteiger partial charge in [-0.15, -0.1) is 0 Å². The number of ether oxygens (including phenoxy) is 1. The Morgan fingerprint density at radius 3 is 2.43 bits per heavy atom. The highest BCUT2D eigenvalue weighted by atomic mass is 16.5. The molecule has 3 rings (SSSR count). The Kier molecular flexibility index (Phi) is 8.26. The number of nitrogens with zero attached hydrogens (tertiary/aromatic N) is 2. The third-order valence-corrected chi connectivity index (χ3v) is 5.58. The van der Waals surface area contributed by atoms with E-state index in [-0.39, 0.29) is 12.5 Å². The number of rotatable bonds is 7. The van der Waals surface area contributed by atoms with E-state index in [4.69, 9.17) is 4.74 Å². The number of carbonyl (C=O) groups excluding carboxylic acids is 2. The minimum absolute atomic E-state index is 0.239. The molecule has 0 unspecified atom stereocenters. The standard InChI is InChI=1S/C21H32N4O3/c26-20(23-21(27)22-16-19-4-2-1-3-5-19)17-25-10-7-18(8-11-25)6-9-24-12-14-28-15-13-24/h1-5,18H,6-17H2,(H2,22,23,26,27). The van der Waals surface area contributed by atoms with Gasteiger partial charge in [-0.3, -0.25) is 19.9 Å². The van der Waals surface area contributed by atoms with E-state index in [1.165, 1.54) is 6.42 Å². The maximum absolute atomic E-state index is 12.1. The van der Waals surface area contributed by atoms with Crippen LogP contribution in [0.4, 0.5) is 4.79 Å². The molecule has 0 spiro atoms. The van der Waals surface area contributed by atoms with Crippen molar-refractivity contribution in [3.05, 3.63) is 35.9 Å². The number of imide groups is 1. The van der Waals surface area contributed by atoms with E-state index in [0.717, 1.165) is 70.3 Å². The van der Waals surface area contributed by atoms with Gasteiger partial charge in [0.05, 0.1) is 19.8 Å². The van der Waals surface area contributed by atoms with Gasteiger partial charge in [0.2, 0.25) is 5.91 Å². The summed E-state index contributed by atoms with van der Waals surface area (Å²) in [6, 6.07) is 9.21. The van der Waals surface area contributed by atoms with Crippen molar-refractivity contribution < 1.29 is 14.3 Å². The summed E-state index contributed by atoms with van der Waals surface area (Å²) in [7, 11) is 0. The molecule has 154 valence electrons. The Labute approximate surface area is 167 Å². The first kappa shape index (κ1) is 20.8. The average molecular weight is 389 g/mol. The smallest absolute Gasteiger partial charge is 0.321 e. The molecule has 1 aromatic carbocycles. The van der Waals surface area contributed by atoms with Gasteiger partial charge < -0.3 is 10.1 Å². The minimum Gasteiger partial charge on any atom is -0.379 e. The van der Waals surface area contributed by atoms with Gasteiger partial charge in [0.1, 0.15) is 0 Å². The monoisotopic (exact) mass is 388 g/mol. The van der Waals surface area contributed by atoms with Gasteiger partial charge in [0.25, 0.3) is 0 Å². The van der Waals surface area contributed by atoms with Gasteiger partial charge in [0, 0.05) is 19.6 Å². The van der Waals surface area contributed by atoms with Crippen LogP contribution in [0.25, 0.3) is 0 Å². The first-order valence-electron chi connectivity index (χ1n) is 10.3. The van der Waals surface area contributed by atoms with Crippen LogP contribution < -0.4 is 10.6 Å². The number of benzene rings is 1. The fourth-order valence-electron chi connectivity index (χ4n) is 3.81. The zero-order chi connectivity index (χ0) is 19.6. The summed E-state index contributed by atoms with van der Waals surface area (Å²) in [5.41, 5.74) is 1.00.